The van der Waals surface area contributed by atoms with Crippen molar-refractivity contribution in [1.29, 1.82) is 0 Å². The molecule has 0 spiro atoms. The third-order valence-electron chi connectivity index (χ3n) is 5.30. The summed E-state index contributed by atoms with van der Waals surface area (Å²) in [6.45, 7) is 3.93. The first-order valence-electron chi connectivity index (χ1n) is 10.2. The molecule has 2 fully saturated rings. The van der Waals surface area contributed by atoms with Crippen LogP contribution in [0.4, 0.5) is 0 Å². The second-order valence-electron chi connectivity index (χ2n) is 7.35. The number of amides is 1. The minimum absolute atomic E-state index is 0.0786. The molecule has 0 unspecified atom stereocenters. The van der Waals surface area contributed by atoms with E-state index < -0.39 is 10.0 Å². The Kier molecular flexibility index (Phi) is 6.76. The van der Waals surface area contributed by atoms with Gasteiger partial charge >= 0.3 is 0 Å². The van der Waals surface area contributed by atoms with E-state index >= 15 is 0 Å². The minimum atomic E-state index is -3.66. The Morgan fingerprint density at radius 3 is 2.55 bits per heavy atom. The van der Waals surface area contributed by atoms with Crippen molar-refractivity contribution in [3.05, 3.63) is 65.7 Å². The Bertz CT molecular complexity index is 1070. The first-order chi connectivity index (χ1) is 15.0. The van der Waals surface area contributed by atoms with Gasteiger partial charge in [0, 0.05) is 31.0 Å². The van der Waals surface area contributed by atoms with Crippen LogP contribution in [-0.4, -0.2) is 67.3 Å². The van der Waals surface area contributed by atoms with Crippen molar-refractivity contribution in [3.8, 4) is 0 Å². The Morgan fingerprint density at radius 2 is 1.81 bits per heavy atom. The Labute approximate surface area is 187 Å². The lowest BCUT2D eigenvalue weighted by Crippen LogP contribution is -2.40. The zero-order chi connectivity index (χ0) is 21.8. The van der Waals surface area contributed by atoms with Gasteiger partial charge in [0.15, 0.2) is 5.17 Å². The molecular formula is C22H25N3O4S2. The molecule has 2 heterocycles. The highest BCUT2D eigenvalue weighted by atomic mass is 32.2. The molecule has 0 bridgehead atoms. The van der Waals surface area contributed by atoms with E-state index in [-0.39, 0.29) is 16.8 Å². The van der Waals surface area contributed by atoms with Crippen molar-refractivity contribution < 1.29 is 17.9 Å². The molecule has 0 aliphatic carbocycles. The number of hydrogen-bond donors (Lipinski definition) is 0. The van der Waals surface area contributed by atoms with Crippen LogP contribution in [0, 0.1) is 0 Å². The predicted octanol–water partition coefficient (Wildman–Crippen LogP) is 3.01. The first kappa shape index (κ1) is 22.0. The fourth-order valence-electron chi connectivity index (χ4n) is 3.55. The summed E-state index contributed by atoms with van der Waals surface area (Å²) < 4.78 is 32.6. The van der Waals surface area contributed by atoms with Gasteiger partial charge in [-0.2, -0.15) is 4.31 Å². The third-order valence-corrected chi connectivity index (χ3v) is 8.16. The topological polar surface area (TPSA) is 79.3 Å². The van der Waals surface area contributed by atoms with Gasteiger partial charge in [0.1, 0.15) is 0 Å². The molecule has 2 aromatic rings. The summed E-state index contributed by atoms with van der Waals surface area (Å²) in [5, 5.41) is 0.669. The van der Waals surface area contributed by atoms with Gasteiger partial charge in [0.05, 0.1) is 24.2 Å². The quantitative estimate of drug-likeness (QED) is 0.687. The summed E-state index contributed by atoms with van der Waals surface area (Å²) in [5.74, 6) is 0.528. The number of nitrogens with zero attached hydrogens (tertiary/aromatic N) is 3. The van der Waals surface area contributed by atoms with Crippen molar-refractivity contribution in [2.45, 2.75) is 17.9 Å². The lowest BCUT2D eigenvalue weighted by atomic mass is 10.1. The summed E-state index contributed by atoms with van der Waals surface area (Å²) in [6.07, 6.45) is 0. The molecule has 0 radical (unpaired) electrons. The second kappa shape index (κ2) is 9.52. The third kappa shape index (κ3) is 4.85. The van der Waals surface area contributed by atoms with Gasteiger partial charge in [0.2, 0.25) is 10.0 Å². The van der Waals surface area contributed by atoms with Gasteiger partial charge in [-0.3, -0.25) is 14.7 Å². The maximum Gasteiger partial charge on any atom is 0.259 e. The number of hydrogen-bond acceptors (Lipinski definition) is 6. The molecule has 2 aromatic carbocycles. The molecule has 31 heavy (non-hydrogen) atoms. The van der Waals surface area contributed by atoms with E-state index in [9.17, 15) is 13.2 Å². The summed E-state index contributed by atoms with van der Waals surface area (Å²) in [4.78, 5) is 19.8. The highest BCUT2D eigenvalue weighted by Crippen LogP contribution is 2.26. The summed E-state index contributed by atoms with van der Waals surface area (Å²) in [7, 11) is -3.66. The van der Waals surface area contributed by atoms with Crippen LogP contribution in [0.25, 0.3) is 0 Å². The highest BCUT2D eigenvalue weighted by Gasteiger charge is 2.30. The Morgan fingerprint density at radius 1 is 1.06 bits per heavy atom. The van der Waals surface area contributed by atoms with Gasteiger partial charge < -0.3 is 4.74 Å². The van der Waals surface area contributed by atoms with Crippen LogP contribution >= 0.6 is 11.8 Å². The molecule has 2 saturated heterocycles. The normalized spacial score (nSPS) is 20.2. The van der Waals surface area contributed by atoms with Crippen LogP contribution in [0.1, 0.15) is 28.9 Å². The highest BCUT2D eigenvalue weighted by molar-refractivity contribution is 8.14. The molecule has 0 aromatic heterocycles. The average molecular weight is 460 g/mol. The predicted molar refractivity (Wildman–Crippen MR) is 122 cm³/mol. The van der Waals surface area contributed by atoms with Crippen molar-refractivity contribution in [3.63, 3.8) is 0 Å². The zero-order valence-corrected chi connectivity index (χ0v) is 18.9. The fourth-order valence-corrected chi connectivity index (χ4v) is 6.02. The van der Waals surface area contributed by atoms with E-state index in [1.165, 1.54) is 16.4 Å². The number of ether oxygens (including phenoxy) is 1. The number of sulfonamides is 1. The van der Waals surface area contributed by atoms with Crippen molar-refractivity contribution in [1.82, 2.24) is 9.21 Å². The van der Waals surface area contributed by atoms with Crippen LogP contribution in [0.2, 0.25) is 0 Å². The van der Waals surface area contributed by atoms with Crippen LogP contribution in [0.5, 0.6) is 0 Å². The van der Waals surface area contributed by atoms with Crippen LogP contribution in [0.3, 0.4) is 0 Å². The first-order valence-corrected chi connectivity index (χ1v) is 12.6. The molecule has 0 N–H and O–H groups in total. The standard InChI is InChI=1S/C22H25N3O4S2/c1-17(18-6-3-2-4-7-18)23-22-25(12-15-30-22)21(26)19-8-5-9-20(16-19)31(27,28)24-10-13-29-14-11-24/h2-9,16-17H,10-15H2,1H3/t17-/m0/s1. The minimum Gasteiger partial charge on any atom is -0.379 e. The Balaban J connectivity index is 1.56. The zero-order valence-electron chi connectivity index (χ0n) is 17.3. The second-order valence-corrected chi connectivity index (χ2v) is 10.3. The fraction of sp³-hybridized carbons (Fsp3) is 0.364. The lowest BCUT2D eigenvalue weighted by molar-refractivity contribution is 0.0730. The van der Waals surface area contributed by atoms with Crippen molar-refractivity contribution in [2.75, 3.05) is 38.6 Å². The van der Waals surface area contributed by atoms with Gasteiger partial charge in [-0.1, -0.05) is 48.2 Å². The van der Waals surface area contributed by atoms with Crippen LogP contribution < -0.4 is 0 Å². The molecule has 9 heteroatoms. The van der Waals surface area contributed by atoms with E-state index in [0.717, 1.165) is 11.3 Å². The number of morpholine rings is 1. The number of carbonyl (C=O) groups is 1. The van der Waals surface area contributed by atoms with Crippen molar-refractivity contribution in [2.24, 2.45) is 4.99 Å². The molecule has 2 aliphatic heterocycles. The van der Waals surface area contributed by atoms with Crippen molar-refractivity contribution >= 4 is 32.9 Å². The van der Waals surface area contributed by atoms with E-state index in [4.69, 9.17) is 9.73 Å². The summed E-state index contributed by atoms with van der Waals surface area (Å²) >= 11 is 1.54. The van der Waals surface area contributed by atoms with E-state index in [2.05, 4.69) is 0 Å². The average Bonchev–Trinajstić information content (AvgIpc) is 3.28. The van der Waals surface area contributed by atoms with Crippen LogP contribution in [-0.2, 0) is 14.8 Å². The summed E-state index contributed by atoms with van der Waals surface area (Å²) in [6, 6.07) is 16.1. The lowest BCUT2D eigenvalue weighted by Gasteiger charge is -2.26. The molecule has 7 nitrogen and oxygen atoms in total. The number of amidine groups is 1. The van der Waals surface area contributed by atoms with E-state index in [1.807, 2.05) is 37.3 Å². The van der Waals surface area contributed by atoms with Crippen LogP contribution in [0.15, 0.2) is 64.5 Å². The number of benzene rings is 2. The SMILES string of the molecule is C[C@H](N=C1SCCN1C(=O)c1cccc(S(=O)(=O)N2CCOCC2)c1)c1ccccc1. The maximum atomic E-state index is 13.2. The molecule has 0 saturated carbocycles. The molecular weight excluding hydrogens is 434 g/mol. The van der Waals surface area contributed by atoms with Gasteiger partial charge in [-0.15, -0.1) is 0 Å². The number of aliphatic imine (C=N–C) groups is 1. The Hall–Kier alpha value is -2.20. The largest absolute Gasteiger partial charge is 0.379 e. The van der Waals surface area contributed by atoms with Gasteiger partial charge in [-0.05, 0) is 30.7 Å². The van der Waals surface area contributed by atoms with Gasteiger partial charge in [-0.25, -0.2) is 8.42 Å². The number of carbonyl (C=O) groups excluding carboxylic acids is 1. The smallest absolute Gasteiger partial charge is 0.259 e. The van der Waals surface area contributed by atoms with E-state index in [0.29, 0.717) is 43.6 Å². The number of rotatable bonds is 5. The maximum absolute atomic E-state index is 13.2. The summed E-state index contributed by atoms with van der Waals surface area (Å²) in [5.41, 5.74) is 1.42. The molecule has 4 rings (SSSR count). The molecule has 164 valence electrons. The number of thioether (sulfide) groups is 1. The van der Waals surface area contributed by atoms with E-state index in [1.54, 1.807) is 28.8 Å². The molecule has 1 atom stereocenters. The molecule has 2 aliphatic rings. The monoisotopic (exact) mass is 459 g/mol. The molecule has 1 amide bonds. The van der Waals surface area contributed by atoms with Gasteiger partial charge in [0.25, 0.3) is 5.91 Å².